The maximum atomic E-state index is 2.49. The highest BCUT2D eigenvalue weighted by molar-refractivity contribution is 6.13. The molecular weight excluding hydrogens is 715 g/mol. The molecule has 0 amide bonds. The summed E-state index contributed by atoms with van der Waals surface area (Å²) in [5, 5.41) is 2.51. The third-order valence-electron chi connectivity index (χ3n) is 12.8. The first-order valence-corrected chi connectivity index (χ1v) is 20.4. The molecule has 1 aromatic heterocycles. The van der Waals surface area contributed by atoms with Crippen LogP contribution in [0.1, 0.15) is 22.3 Å². The zero-order valence-electron chi connectivity index (χ0n) is 32.6. The van der Waals surface area contributed by atoms with Crippen molar-refractivity contribution in [3.63, 3.8) is 0 Å². The van der Waals surface area contributed by atoms with Gasteiger partial charge < -0.3 is 14.4 Å². The molecule has 0 saturated heterocycles. The predicted octanol–water partition coefficient (Wildman–Crippen LogP) is 14.6. The molecular formula is C56H39N3. The summed E-state index contributed by atoms with van der Waals surface area (Å²) in [6.07, 6.45) is 0. The average Bonchev–Trinajstić information content (AvgIpc) is 3.89. The number of fused-ring (bicyclic) bond motifs is 13. The maximum Gasteiger partial charge on any atom is 0.0733 e. The summed E-state index contributed by atoms with van der Waals surface area (Å²) in [5.74, 6) is 0. The quantitative estimate of drug-likeness (QED) is 0.168. The van der Waals surface area contributed by atoms with E-state index in [4.69, 9.17) is 0 Å². The predicted molar refractivity (Wildman–Crippen MR) is 246 cm³/mol. The first-order valence-electron chi connectivity index (χ1n) is 20.4. The fourth-order valence-electron chi connectivity index (χ4n) is 10.4. The van der Waals surface area contributed by atoms with Gasteiger partial charge in [-0.05, 0) is 117 Å². The van der Waals surface area contributed by atoms with E-state index in [1.807, 2.05) is 0 Å². The number of aryl methyl sites for hydroxylation is 1. The number of rotatable bonds is 6. The van der Waals surface area contributed by atoms with Crippen LogP contribution in [0.3, 0.4) is 0 Å². The second-order valence-corrected chi connectivity index (χ2v) is 15.7. The Morgan fingerprint density at radius 2 is 0.831 bits per heavy atom. The molecule has 0 N–H and O–H groups in total. The summed E-state index contributed by atoms with van der Waals surface area (Å²) in [6, 6.07) is 80.3. The van der Waals surface area contributed by atoms with E-state index in [0.717, 1.165) is 34.1 Å². The maximum absolute atomic E-state index is 2.49. The Kier molecular flexibility index (Phi) is 7.36. The third-order valence-corrected chi connectivity index (χ3v) is 12.8. The van der Waals surface area contributed by atoms with Crippen molar-refractivity contribution in [1.82, 2.24) is 4.57 Å². The van der Waals surface area contributed by atoms with Crippen molar-refractivity contribution in [2.24, 2.45) is 7.05 Å². The van der Waals surface area contributed by atoms with E-state index in [9.17, 15) is 0 Å². The van der Waals surface area contributed by atoms with Crippen molar-refractivity contribution in [2.75, 3.05) is 9.80 Å². The number of para-hydroxylation sites is 5. The fraction of sp³-hybridized carbons (Fsp3) is 0.0357. The second-order valence-electron chi connectivity index (χ2n) is 15.7. The molecule has 9 aromatic carbocycles. The molecule has 0 saturated carbocycles. The van der Waals surface area contributed by atoms with Crippen LogP contribution in [-0.2, 0) is 12.5 Å². The van der Waals surface area contributed by atoms with Gasteiger partial charge in [0.1, 0.15) is 0 Å². The summed E-state index contributed by atoms with van der Waals surface area (Å²) in [5.41, 5.74) is 19.1. The molecule has 10 aromatic rings. The van der Waals surface area contributed by atoms with Crippen LogP contribution < -0.4 is 9.80 Å². The molecule has 0 fully saturated rings. The summed E-state index contributed by atoms with van der Waals surface area (Å²) >= 11 is 0. The minimum Gasteiger partial charge on any atom is -0.342 e. The molecule has 278 valence electrons. The first-order chi connectivity index (χ1) is 29.2. The third kappa shape index (κ3) is 4.76. The van der Waals surface area contributed by atoms with Gasteiger partial charge in [-0.3, -0.25) is 0 Å². The van der Waals surface area contributed by atoms with Gasteiger partial charge in [-0.1, -0.05) is 146 Å². The average molecular weight is 754 g/mol. The van der Waals surface area contributed by atoms with E-state index in [0.29, 0.717) is 0 Å². The summed E-state index contributed by atoms with van der Waals surface area (Å²) < 4.78 is 2.36. The number of benzene rings is 9. The van der Waals surface area contributed by atoms with E-state index < -0.39 is 5.41 Å². The molecule has 1 spiro atoms. The van der Waals surface area contributed by atoms with E-state index in [-0.39, 0.29) is 0 Å². The largest absolute Gasteiger partial charge is 0.342 e. The number of aromatic nitrogens is 1. The minimum atomic E-state index is -0.509. The van der Waals surface area contributed by atoms with E-state index in [1.165, 1.54) is 66.3 Å². The molecule has 0 radical (unpaired) electrons. The van der Waals surface area contributed by atoms with Crippen LogP contribution in [0.25, 0.3) is 44.1 Å². The van der Waals surface area contributed by atoms with E-state index in [2.05, 4.69) is 240 Å². The molecule has 0 aliphatic heterocycles. The lowest BCUT2D eigenvalue weighted by atomic mass is 9.70. The SMILES string of the molecule is Cn1c2ccccc2c2cccc(N(c3ccccc3)c3ccc4c(c3)C3(c5ccccc5-c5cc(N(c6ccccc6)c6ccccc6)ccc53)c3ccccc3-4)c21. The van der Waals surface area contributed by atoms with E-state index >= 15 is 0 Å². The number of anilines is 6. The monoisotopic (exact) mass is 753 g/mol. The van der Waals surface area contributed by atoms with Crippen LogP contribution in [0.2, 0.25) is 0 Å². The van der Waals surface area contributed by atoms with Crippen molar-refractivity contribution in [2.45, 2.75) is 5.41 Å². The van der Waals surface area contributed by atoms with Gasteiger partial charge in [-0.15, -0.1) is 0 Å². The number of hydrogen-bond donors (Lipinski definition) is 0. The van der Waals surface area contributed by atoms with Gasteiger partial charge in [-0.2, -0.15) is 0 Å². The Morgan fingerprint density at radius 3 is 1.51 bits per heavy atom. The van der Waals surface area contributed by atoms with Crippen molar-refractivity contribution >= 4 is 55.9 Å². The fourth-order valence-corrected chi connectivity index (χ4v) is 10.4. The van der Waals surface area contributed by atoms with Crippen LogP contribution in [-0.4, -0.2) is 4.57 Å². The van der Waals surface area contributed by atoms with Crippen LogP contribution in [0.5, 0.6) is 0 Å². The first kappa shape index (κ1) is 33.5. The second kappa shape index (κ2) is 13.0. The normalized spacial score (nSPS) is 14.6. The zero-order valence-corrected chi connectivity index (χ0v) is 32.6. The van der Waals surface area contributed by atoms with Crippen molar-refractivity contribution in [3.8, 4) is 22.3 Å². The van der Waals surface area contributed by atoms with Crippen LogP contribution in [0.15, 0.2) is 218 Å². The molecule has 0 bridgehead atoms. The highest BCUT2D eigenvalue weighted by atomic mass is 15.2. The summed E-state index contributed by atoms with van der Waals surface area (Å²) in [7, 11) is 2.20. The molecule has 59 heavy (non-hydrogen) atoms. The highest BCUT2D eigenvalue weighted by Crippen LogP contribution is 2.64. The lowest BCUT2D eigenvalue weighted by molar-refractivity contribution is 0.793. The van der Waals surface area contributed by atoms with Gasteiger partial charge in [0, 0.05) is 51.8 Å². The standard InChI is InChI=1S/C56H39N3/c1-57-53-30-16-13-26-46(53)47-27-17-31-54(55(47)57)59(40-22-9-4-10-23-40)42-32-34-45-43-24-11-14-28-49(43)56(52(45)37-42)50-29-15-12-25-44(50)48-36-41(33-35-51(48)56)58(38-18-5-2-6-19-38)39-20-7-3-8-21-39/h2-37H,1H3. The Balaban J connectivity index is 1.11. The molecule has 1 atom stereocenters. The van der Waals surface area contributed by atoms with Crippen molar-refractivity contribution in [3.05, 3.63) is 241 Å². The van der Waals surface area contributed by atoms with Gasteiger partial charge in [-0.25, -0.2) is 0 Å². The Labute approximate surface area is 344 Å². The molecule has 12 rings (SSSR count). The topological polar surface area (TPSA) is 11.4 Å². The zero-order chi connectivity index (χ0) is 39.1. The van der Waals surface area contributed by atoms with Gasteiger partial charge in [0.25, 0.3) is 0 Å². The summed E-state index contributed by atoms with van der Waals surface area (Å²) in [4.78, 5) is 4.83. The lowest BCUT2D eigenvalue weighted by Crippen LogP contribution is -2.26. The lowest BCUT2D eigenvalue weighted by Gasteiger charge is -2.33. The van der Waals surface area contributed by atoms with Gasteiger partial charge in [0.05, 0.1) is 16.6 Å². The van der Waals surface area contributed by atoms with E-state index in [1.54, 1.807) is 0 Å². The molecule has 3 nitrogen and oxygen atoms in total. The minimum absolute atomic E-state index is 0.509. The molecule has 1 heterocycles. The van der Waals surface area contributed by atoms with Gasteiger partial charge >= 0.3 is 0 Å². The Bertz CT molecular complexity index is 3200. The Hall–Kier alpha value is -7.62. The van der Waals surface area contributed by atoms with Crippen LogP contribution in [0, 0.1) is 0 Å². The molecule has 1 unspecified atom stereocenters. The Morgan fingerprint density at radius 1 is 0.339 bits per heavy atom. The van der Waals surface area contributed by atoms with Gasteiger partial charge in [0.15, 0.2) is 0 Å². The van der Waals surface area contributed by atoms with Gasteiger partial charge in [0.2, 0.25) is 0 Å². The molecule has 2 aliphatic rings. The number of hydrogen-bond acceptors (Lipinski definition) is 2. The van der Waals surface area contributed by atoms with Crippen molar-refractivity contribution < 1.29 is 0 Å². The number of nitrogens with zero attached hydrogens (tertiary/aromatic N) is 3. The van der Waals surface area contributed by atoms with Crippen LogP contribution in [0.4, 0.5) is 34.1 Å². The molecule has 2 aliphatic carbocycles. The molecule has 3 heteroatoms. The smallest absolute Gasteiger partial charge is 0.0733 e. The van der Waals surface area contributed by atoms with Crippen LogP contribution >= 0.6 is 0 Å². The summed E-state index contributed by atoms with van der Waals surface area (Å²) in [6.45, 7) is 0. The van der Waals surface area contributed by atoms with Crippen molar-refractivity contribution in [1.29, 1.82) is 0 Å². The highest BCUT2D eigenvalue weighted by Gasteiger charge is 2.52.